The van der Waals surface area contributed by atoms with Crippen LogP contribution in [0.1, 0.15) is 18.1 Å². The Kier molecular flexibility index (Phi) is 6.62. The summed E-state index contributed by atoms with van der Waals surface area (Å²) in [4.78, 5) is 49.8. The van der Waals surface area contributed by atoms with Crippen molar-refractivity contribution in [2.45, 2.75) is 19.0 Å². The van der Waals surface area contributed by atoms with E-state index in [0.29, 0.717) is 17.0 Å². The van der Waals surface area contributed by atoms with Gasteiger partial charge in [0.1, 0.15) is 17.8 Å². The Labute approximate surface area is 184 Å². The summed E-state index contributed by atoms with van der Waals surface area (Å²) in [7, 11) is 2.80. The van der Waals surface area contributed by atoms with Gasteiger partial charge in [-0.25, -0.2) is 9.59 Å². The highest BCUT2D eigenvalue weighted by atomic mass is 16.5. The maximum absolute atomic E-state index is 12.9. The Hall–Kier alpha value is -4.08. The van der Waals surface area contributed by atoms with E-state index in [1.165, 1.54) is 14.2 Å². The second kappa shape index (κ2) is 9.38. The van der Waals surface area contributed by atoms with Crippen LogP contribution in [0.5, 0.6) is 5.75 Å². The summed E-state index contributed by atoms with van der Waals surface area (Å²) in [6.07, 6.45) is -0.582. The van der Waals surface area contributed by atoms with Crippen molar-refractivity contribution in [1.82, 2.24) is 15.5 Å². The molecular weight excluding hydrogens is 416 g/mol. The number of benzene rings is 2. The van der Waals surface area contributed by atoms with Gasteiger partial charge in [0, 0.05) is 12.2 Å². The lowest BCUT2D eigenvalue weighted by Gasteiger charge is -2.22. The molecule has 1 fully saturated rings. The van der Waals surface area contributed by atoms with Crippen molar-refractivity contribution in [1.29, 1.82) is 0 Å². The molecule has 5 amide bonds. The Morgan fingerprint density at radius 1 is 1.03 bits per heavy atom. The Morgan fingerprint density at radius 3 is 2.28 bits per heavy atom. The second-order valence-electron chi connectivity index (χ2n) is 7.27. The summed E-state index contributed by atoms with van der Waals surface area (Å²) in [6.45, 7) is 1.38. The second-order valence-corrected chi connectivity index (χ2v) is 7.27. The number of hydrogen-bond acceptors (Lipinski definition) is 6. The van der Waals surface area contributed by atoms with Crippen molar-refractivity contribution in [3.63, 3.8) is 0 Å². The molecule has 0 aromatic heterocycles. The molecule has 32 heavy (non-hydrogen) atoms. The lowest BCUT2D eigenvalue weighted by atomic mass is 9.92. The van der Waals surface area contributed by atoms with Crippen LogP contribution < -0.4 is 20.7 Å². The number of carbonyl (C=O) groups excluding carboxylic acids is 4. The predicted octanol–water partition coefficient (Wildman–Crippen LogP) is 1.96. The summed E-state index contributed by atoms with van der Waals surface area (Å²) in [6, 6.07) is 12.9. The third-order valence-corrected chi connectivity index (χ3v) is 5.12. The first kappa shape index (κ1) is 22.6. The van der Waals surface area contributed by atoms with E-state index in [1.54, 1.807) is 55.5 Å². The van der Waals surface area contributed by atoms with Gasteiger partial charge >= 0.3 is 12.1 Å². The van der Waals surface area contributed by atoms with Crippen molar-refractivity contribution < 1.29 is 28.7 Å². The molecule has 1 heterocycles. The zero-order valence-electron chi connectivity index (χ0n) is 17.9. The monoisotopic (exact) mass is 440 g/mol. The molecule has 2 aromatic carbocycles. The maximum Gasteiger partial charge on any atom is 0.411 e. The number of hydrogen-bond donors (Lipinski definition) is 3. The van der Waals surface area contributed by atoms with Crippen LogP contribution in [0.15, 0.2) is 48.5 Å². The van der Waals surface area contributed by atoms with Gasteiger partial charge in [-0.2, -0.15) is 0 Å². The van der Waals surface area contributed by atoms with Gasteiger partial charge < -0.3 is 20.1 Å². The van der Waals surface area contributed by atoms with Crippen LogP contribution in [0, 0.1) is 0 Å². The van der Waals surface area contributed by atoms with Crippen LogP contribution in [-0.4, -0.2) is 49.6 Å². The highest BCUT2D eigenvalue weighted by molar-refractivity contribution is 6.09. The molecule has 0 spiro atoms. The quantitative estimate of drug-likeness (QED) is 0.565. The minimum atomic E-state index is -1.27. The summed E-state index contributed by atoms with van der Waals surface area (Å²) in [5.41, 5.74) is 0.630. The van der Waals surface area contributed by atoms with Crippen LogP contribution in [0.4, 0.5) is 15.3 Å². The zero-order chi connectivity index (χ0) is 23.3. The zero-order valence-corrected chi connectivity index (χ0v) is 17.9. The molecule has 10 nitrogen and oxygen atoms in total. The van der Waals surface area contributed by atoms with Crippen LogP contribution in [-0.2, 0) is 26.4 Å². The minimum absolute atomic E-state index is 0.191. The predicted molar refractivity (Wildman–Crippen MR) is 115 cm³/mol. The van der Waals surface area contributed by atoms with Crippen LogP contribution >= 0.6 is 0 Å². The number of imide groups is 1. The standard InChI is InChI=1S/C22H24N4O6/c1-22(15-6-10-17(31-2)11-7-15)19(28)26(20(29)25-22)13-18(27)23-12-14-4-8-16(9-5-14)24-21(30)32-3/h4-11H,12-13H2,1-3H3,(H,23,27)(H,24,30)(H,25,29). The molecule has 168 valence electrons. The molecule has 3 N–H and O–H groups in total. The Bertz CT molecular complexity index is 1020. The molecule has 2 aromatic rings. The summed E-state index contributed by atoms with van der Waals surface area (Å²) >= 11 is 0. The van der Waals surface area contributed by atoms with Gasteiger partial charge in [-0.15, -0.1) is 0 Å². The Balaban J connectivity index is 1.58. The summed E-state index contributed by atoms with van der Waals surface area (Å²) in [5.74, 6) is -0.371. The van der Waals surface area contributed by atoms with E-state index in [1.807, 2.05) is 0 Å². The number of nitrogens with zero attached hydrogens (tertiary/aromatic N) is 1. The topological polar surface area (TPSA) is 126 Å². The molecule has 0 aliphatic carbocycles. The number of methoxy groups -OCH3 is 2. The van der Waals surface area contributed by atoms with Crippen molar-refractivity contribution >= 4 is 29.6 Å². The molecule has 1 saturated heterocycles. The minimum Gasteiger partial charge on any atom is -0.497 e. The lowest BCUT2D eigenvalue weighted by Crippen LogP contribution is -2.43. The molecule has 1 unspecified atom stereocenters. The van der Waals surface area contributed by atoms with Gasteiger partial charge in [-0.05, 0) is 42.3 Å². The number of amides is 5. The lowest BCUT2D eigenvalue weighted by molar-refractivity contribution is -0.134. The van der Waals surface area contributed by atoms with E-state index in [9.17, 15) is 19.2 Å². The van der Waals surface area contributed by atoms with E-state index in [2.05, 4.69) is 20.7 Å². The molecule has 1 aliphatic rings. The van der Waals surface area contributed by atoms with E-state index in [0.717, 1.165) is 10.5 Å². The number of nitrogens with one attached hydrogen (secondary N) is 3. The fourth-order valence-electron chi connectivity index (χ4n) is 3.24. The number of urea groups is 1. The highest BCUT2D eigenvalue weighted by Gasteiger charge is 2.49. The van der Waals surface area contributed by atoms with E-state index < -0.39 is 36.0 Å². The summed E-state index contributed by atoms with van der Waals surface area (Å²) in [5, 5.41) is 7.87. The molecule has 1 aliphatic heterocycles. The van der Waals surface area contributed by atoms with Crippen LogP contribution in [0.2, 0.25) is 0 Å². The average molecular weight is 440 g/mol. The maximum atomic E-state index is 12.9. The average Bonchev–Trinajstić information content (AvgIpc) is 3.02. The van der Waals surface area contributed by atoms with Gasteiger partial charge in [0.25, 0.3) is 5.91 Å². The van der Waals surface area contributed by atoms with Crippen molar-refractivity contribution in [3.05, 3.63) is 59.7 Å². The molecule has 0 bridgehead atoms. The van der Waals surface area contributed by atoms with Crippen molar-refractivity contribution in [3.8, 4) is 5.75 Å². The first-order chi connectivity index (χ1) is 15.3. The van der Waals surface area contributed by atoms with Gasteiger partial charge in [-0.3, -0.25) is 19.8 Å². The van der Waals surface area contributed by atoms with Crippen LogP contribution in [0.25, 0.3) is 0 Å². The van der Waals surface area contributed by atoms with Crippen molar-refractivity contribution in [2.75, 3.05) is 26.1 Å². The largest absolute Gasteiger partial charge is 0.497 e. The van der Waals surface area contributed by atoms with Gasteiger partial charge in [-0.1, -0.05) is 24.3 Å². The number of ether oxygens (including phenoxy) is 2. The smallest absolute Gasteiger partial charge is 0.411 e. The number of carbonyl (C=O) groups is 4. The fraction of sp³-hybridized carbons (Fsp3) is 0.273. The normalized spacial score (nSPS) is 17.5. The molecule has 0 saturated carbocycles. The van der Waals surface area contributed by atoms with Crippen molar-refractivity contribution in [2.24, 2.45) is 0 Å². The number of anilines is 1. The first-order valence-electron chi connectivity index (χ1n) is 9.76. The summed E-state index contributed by atoms with van der Waals surface area (Å²) < 4.78 is 9.64. The van der Waals surface area contributed by atoms with E-state index in [4.69, 9.17) is 4.74 Å². The molecule has 10 heteroatoms. The van der Waals surface area contributed by atoms with Gasteiger partial charge in [0.15, 0.2) is 0 Å². The van der Waals surface area contributed by atoms with Crippen LogP contribution in [0.3, 0.4) is 0 Å². The molecule has 0 radical (unpaired) electrons. The molecular formula is C22H24N4O6. The van der Waals surface area contributed by atoms with E-state index in [-0.39, 0.29) is 6.54 Å². The van der Waals surface area contributed by atoms with Gasteiger partial charge in [0.2, 0.25) is 5.91 Å². The molecule has 3 rings (SSSR count). The third kappa shape index (κ3) is 4.80. The first-order valence-corrected chi connectivity index (χ1v) is 9.76. The Morgan fingerprint density at radius 2 is 1.69 bits per heavy atom. The SMILES string of the molecule is COC(=O)Nc1ccc(CNC(=O)CN2C(=O)NC(C)(c3ccc(OC)cc3)C2=O)cc1. The fourth-order valence-corrected chi connectivity index (χ4v) is 3.24. The molecule has 1 atom stereocenters. The van der Waals surface area contributed by atoms with E-state index >= 15 is 0 Å². The number of rotatable bonds is 7. The highest BCUT2D eigenvalue weighted by Crippen LogP contribution is 2.29. The third-order valence-electron chi connectivity index (χ3n) is 5.12. The van der Waals surface area contributed by atoms with Gasteiger partial charge in [0.05, 0.1) is 14.2 Å².